The van der Waals surface area contributed by atoms with Crippen molar-refractivity contribution in [3.63, 3.8) is 0 Å². The summed E-state index contributed by atoms with van der Waals surface area (Å²) in [6.45, 7) is 1.80. The third-order valence-corrected chi connectivity index (χ3v) is 4.69. The average Bonchev–Trinajstić information content (AvgIpc) is 2.48. The highest BCUT2D eigenvalue weighted by Crippen LogP contribution is 2.29. The topological polar surface area (TPSA) is 60.4 Å². The fraction of sp³-hybridized carbons (Fsp3) is 0.235. The second kappa shape index (κ2) is 6.32. The van der Waals surface area contributed by atoms with Crippen LogP contribution in [0, 0.1) is 0 Å². The van der Waals surface area contributed by atoms with Gasteiger partial charge in [-0.25, -0.2) is 13.2 Å². The highest BCUT2D eigenvalue weighted by atomic mass is 32.2. The number of methoxy groups -OCH3 is 1. The molecule has 4 nitrogen and oxygen atoms in total. The van der Waals surface area contributed by atoms with Crippen molar-refractivity contribution in [2.45, 2.75) is 18.2 Å². The molecule has 0 saturated heterocycles. The molecule has 0 unspecified atom stereocenters. The predicted octanol–water partition coefficient (Wildman–Crippen LogP) is 3.11. The Bertz CT molecular complexity index is 769. The molecule has 0 N–H and O–H groups in total. The number of sulfone groups is 1. The summed E-state index contributed by atoms with van der Waals surface area (Å²) in [6, 6.07) is 13.1. The van der Waals surface area contributed by atoms with Crippen LogP contribution >= 0.6 is 0 Å². The molecule has 22 heavy (non-hydrogen) atoms. The van der Waals surface area contributed by atoms with Crippen LogP contribution in [0.5, 0.6) is 0 Å². The average molecular weight is 318 g/mol. The summed E-state index contributed by atoms with van der Waals surface area (Å²) in [5, 5.41) is 0. The van der Waals surface area contributed by atoms with E-state index in [-0.39, 0.29) is 4.90 Å². The molecule has 0 amide bonds. The van der Waals surface area contributed by atoms with Gasteiger partial charge in [-0.3, -0.25) is 0 Å². The Balaban J connectivity index is 0.000000238. The number of hydrogen-bond donors (Lipinski definition) is 0. The van der Waals surface area contributed by atoms with Gasteiger partial charge in [0.25, 0.3) is 0 Å². The number of benzene rings is 2. The Labute approximate surface area is 130 Å². The molecule has 0 aliphatic heterocycles. The molecule has 2 aliphatic carbocycles. The van der Waals surface area contributed by atoms with Crippen LogP contribution in [-0.2, 0) is 21.0 Å². The number of esters is 1. The maximum atomic E-state index is 11.5. The molecular weight excluding hydrogens is 300 g/mol. The minimum absolute atomic E-state index is 0.193. The molecule has 1 aromatic rings. The lowest BCUT2D eigenvalue weighted by molar-refractivity contribution is 0.0599. The number of rotatable bonds is 3. The smallest absolute Gasteiger partial charge is 0.338 e. The van der Waals surface area contributed by atoms with Crippen molar-refractivity contribution < 1.29 is 17.9 Å². The number of hydrogen-bond acceptors (Lipinski definition) is 4. The molecule has 0 bridgehead atoms. The standard InChI is InChI=1S/C11H14O4S.C6H4/c1-4-8-9(11(12)15-2)6-5-7-10(8)16(3,13)14;1-2-6-4-3-5(1)6/h5-7H,4H2,1-3H3;1-4H. The van der Waals surface area contributed by atoms with E-state index < -0.39 is 15.8 Å². The molecule has 0 fully saturated rings. The van der Waals surface area contributed by atoms with E-state index in [0.717, 1.165) is 6.26 Å². The second-order valence-electron chi connectivity index (χ2n) is 4.98. The lowest BCUT2D eigenvalue weighted by Crippen LogP contribution is -2.10. The van der Waals surface area contributed by atoms with Crippen LogP contribution in [0.2, 0.25) is 0 Å². The van der Waals surface area contributed by atoms with Crippen molar-refractivity contribution in [2.24, 2.45) is 0 Å². The van der Waals surface area contributed by atoms with Gasteiger partial charge in [-0.1, -0.05) is 37.3 Å². The Morgan fingerprint density at radius 3 is 1.91 bits per heavy atom. The fourth-order valence-electron chi connectivity index (χ4n) is 2.24. The highest BCUT2D eigenvalue weighted by Gasteiger charge is 2.19. The lowest BCUT2D eigenvalue weighted by atomic mass is 9.95. The third-order valence-electron chi connectivity index (χ3n) is 3.51. The molecule has 0 radical (unpaired) electrons. The zero-order valence-electron chi connectivity index (χ0n) is 12.8. The SMILES string of the molecule is CCc1c(C(=O)OC)cccc1S(C)(=O)=O.c1cc2ccc1-2. The highest BCUT2D eigenvalue weighted by molar-refractivity contribution is 7.90. The Kier molecular flexibility index (Phi) is 4.66. The van der Waals surface area contributed by atoms with Crippen LogP contribution in [0.15, 0.2) is 47.4 Å². The normalized spacial score (nSPS) is 11.2. The molecule has 0 aromatic heterocycles. The van der Waals surface area contributed by atoms with Crippen LogP contribution in [0.4, 0.5) is 0 Å². The maximum absolute atomic E-state index is 11.5. The van der Waals surface area contributed by atoms with Crippen LogP contribution in [0.25, 0.3) is 11.1 Å². The van der Waals surface area contributed by atoms with Crippen LogP contribution in [-0.4, -0.2) is 27.8 Å². The minimum atomic E-state index is -3.32. The molecule has 1 aromatic carbocycles. The number of carbonyl (C=O) groups is 1. The van der Waals surface area contributed by atoms with E-state index in [4.69, 9.17) is 0 Å². The predicted molar refractivity (Wildman–Crippen MR) is 85.7 cm³/mol. The first-order valence-corrected chi connectivity index (χ1v) is 8.78. The Morgan fingerprint density at radius 2 is 1.59 bits per heavy atom. The quantitative estimate of drug-likeness (QED) is 0.696. The molecule has 0 heterocycles. The van der Waals surface area contributed by atoms with Gasteiger partial charge < -0.3 is 4.74 Å². The van der Waals surface area contributed by atoms with E-state index in [1.54, 1.807) is 19.1 Å². The van der Waals surface area contributed by atoms with Crippen LogP contribution in [0.3, 0.4) is 0 Å². The van der Waals surface area contributed by atoms with Crippen LogP contribution in [0.1, 0.15) is 22.8 Å². The van der Waals surface area contributed by atoms with Gasteiger partial charge >= 0.3 is 5.97 Å². The van der Waals surface area contributed by atoms with Crippen molar-refractivity contribution in [1.29, 1.82) is 0 Å². The first kappa shape index (κ1) is 16.2. The summed E-state index contributed by atoms with van der Waals surface area (Å²) >= 11 is 0. The van der Waals surface area contributed by atoms with Gasteiger partial charge in [-0.05, 0) is 35.2 Å². The molecule has 3 rings (SSSR count). The molecule has 5 heteroatoms. The van der Waals surface area contributed by atoms with Crippen molar-refractivity contribution in [3.05, 3.63) is 53.6 Å². The van der Waals surface area contributed by atoms with Gasteiger partial charge in [-0.15, -0.1) is 0 Å². The molecular formula is C17H18O4S. The van der Waals surface area contributed by atoms with E-state index in [2.05, 4.69) is 29.0 Å². The van der Waals surface area contributed by atoms with E-state index in [1.807, 2.05) is 0 Å². The zero-order valence-corrected chi connectivity index (χ0v) is 13.6. The molecule has 0 saturated carbocycles. The molecule has 0 spiro atoms. The van der Waals surface area contributed by atoms with Gasteiger partial charge in [0.05, 0.1) is 17.6 Å². The first-order valence-electron chi connectivity index (χ1n) is 6.89. The summed E-state index contributed by atoms with van der Waals surface area (Å²) in [5.74, 6) is -0.512. The summed E-state index contributed by atoms with van der Waals surface area (Å²) in [6.07, 6.45) is 1.59. The fourth-order valence-corrected chi connectivity index (χ4v) is 3.27. The van der Waals surface area contributed by atoms with Gasteiger partial charge in [0, 0.05) is 6.26 Å². The van der Waals surface area contributed by atoms with E-state index in [1.165, 1.54) is 24.3 Å². The molecule has 2 aliphatic rings. The van der Waals surface area contributed by atoms with Gasteiger partial charge in [0.15, 0.2) is 9.84 Å². The minimum Gasteiger partial charge on any atom is -0.465 e. The summed E-state index contributed by atoms with van der Waals surface area (Å²) in [5.41, 5.74) is 3.68. The van der Waals surface area contributed by atoms with E-state index in [0.29, 0.717) is 17.5 Å². The van der Waals surface area contributed by atoms with Crippen molar-refractivity contribution >= 4 is 15.8 Å². The van der Waals surface area contributed by atoms with Gasteiger partial charge in [0.1, 0.15) is 0 Å². The monoisotopic (exact) mass is 318 g/mol. The van der Waals surface area contributed by atoms with Crippen molar-refractivity contribution in [2.75, 3.05) is 13.4 Å². The summed E-state index contributed by atoms with van der Waals surface area (Å²) < 4.78 is 27.7. The Morgan fingerprint density at radius 1 is 1.05 bits per heavy atom. The van der Waals surface area contributed by atoms with E-state index >= 15 is 0 Å². The Hall–Kier alpha value is -2.14. The second-order valence-corrected chi connectivity index (χ2v) is 6.96. The zero-order chi connectivity index (χ0) is 16.3. The van der Waals surface area contributed by atoms with Crippen molar-refractivity contribution in [1.82, 2.24) is 0 Å². The van der Waals surface area contributed by atoms with Crippen LogP contribution < -0.4 is 0 Å². The van der Waals surface area contributed by atoms with Crippen molar-refractivity contribution in [3.8, 4) is 11.1 Å². The number of ether oxygens (including phenoxy) is 1. The summed E-state index contributed by atoms with van der Waals surface area (Å²) in [7, 11) is -2.04. The molecule has 116 valence electrons. The largest absolute Gasteiger partial charge is 0.465 e. The first-order chi connectivity index (χ1) is 10.4. The summed E-state index contributed by atoms with van der Waals surface area (Å²) in [4.78, 5) is 11.6. The van der Waals surface area contributed by atoms with E-state index in [9.17, 15) is 13.2 Å². The van der Waals surface area contributed by atoms with Gasteiger partial charge in [-0.2, -0.15) is 0 Å². The number of fused-ring (bicyclic) bond motifs is 1. The van der Waals surface area contributed by atoms with Gasteiger partial charge in [0.2, 0.25) is 0 Å². The number of carbonyl (C=O) groups excluding carboxylic acids is 1. The third kappa shape index (κ3) is 3.20. The lowest BCUT2D eigenvalue weighted by Gasteiger charge is -2.10. The maximum Gasteiger partial charge on any atom is 0.338 e. The molecule has 0 atom stereocenters.